The Kier molecular flexibility index (Phi) is 8.55. The van der Waals surface area contributed by atoms with Crippen LogP contribution < -0.4 is 4.74 Å². The number of hydrogen-bond donors (Lipinski definition) is 1. The third kappa shape index (κ3) is 6.71. The molecule has 0 amide bonds. The minimum absolute atomic E-state index is 0.341. The van der Waals surface area contributed by atoms with Crippen LogP contribution in [0.1, 0.15) is 25.3 Å². The molecule has 2 aliphatic rings. The van der Waals surface area contributed by atoms with Crippen LogP contribution in [0.4, 0.5) is 0 Å². The lowest BCUT2D eigenvalue weighted by atomic mass is 10.1. The van der Waals surface area contributed by atoms with Gasteiger partial charge in [0.25, 0.3) is 0 Å². The minimum atomic E-state index is -0.457. The highest BCUT2D eigenvalue weighted by atomic mass is 16.5. The number of aliphatic hydroxyl groups is 1. The van der Waals surface area contributed by atoms with E-state index in [0.29, 0.717) is 19.2 Å². The Balaban J connectivity index is 1.41. The van der Waals surface area contributed by atoms with Crippen LogP contribution in [-0.2, 0) is 11.3 Å². The molecule has 0 radical (unpaired) electrons. The summed E-state index contributed by atoms with van der Waals surface area (Å²) in [6.45, 7) is 11.2. The van der Waals surface area contributed by atoms with Crippen molar-refractivity contribution in [2.75, 3.05) is 66.1 Å². The van der Waals surface area contributed by atoms with Gasteiger partial charge in [-0.05, 0) is 44.1 Å². The first-order valence-electron chi connectivity index (χ1n) is 10.8. The number of aliphatic hydroxyl groups excluding tert-OH is 1. The van der Waals surface area contributed by atoms with Crippen LogP contribution in [0.25, 0.3) is 0 Å². The lowest BCUT2D eigenvalue weighted by Crippen LogP contribution is -2.49. The third-order valence-corrected chi connectivity index (χ3v) is 5.97. The van der Waals surface area contributed by atoms with Crippen LogP contribution in [-0.4, -0.2) is 98.1 Å². The highest BCUT2D eigenvalue weighted by Gasteiger charge is 2.20. The number of nitrogens with zero attached hydrogens (tertiary/aromatic N) is 3. The second-order valence-electron chi connectivity index (χ2n) is 8.11. The van der Waals surface area contributed by atoms with E-state index >= 15 is 0 Å². The lowest BCUT2D eigenvalue weighted by molar-refractivity contribution is 0.0405. The molecule has 158 valence electrons. The molecule has 2 fully saturated rings. The maximum Gasteiger partial charge on any atom is 0.119 e. The molecule has 1 unspecified atom stereocenters. The number of likely N-dealkylation sites (N-methyl/N-ethyl adjacent to an activating group) is 1. The van der Waals surface area contributed by atoms with Crippen molar-refractivity contribution in [3.63, 3.8) is 0 Å². The topological polar surface area (TPSA) is 48.4 Å². The SMILES string of the molecule is CCN1CCN(CC(O)COc2cccc(CN(C)C3CCOCC3)c2)CC1. The van der Waals surface area contributed by atoms with Gasteiger partial charge in [0.2, 0.25) is 0 Å². The summed E-state index contributed by atoms with van der Waals surface area (Å²) in [4.78, 5) is 7.19. The van der Waals surface area contributed by atoms with Crippen LogP contribution in [0.2, 0.25) is 0 Å². The van der Waals surface area contributed by atoms with E-state index in [1.165, 1.54) is 5.56 Å². The van der Waals surface area contributed by atoms with Gasteiger partial charge in [0.15, 0.2) is 0 Å². The van der Waals surface area contributed by atoms with Crippen LogP contribution in [0.15, 0.2) is 24.3 Å². The van der Waals surface area contributed by atoms with Crippen molar-refractivity contribution in [3.05, 3.63) is 29.8 Å². The molecule has 0 aliphatic carbocycles. The van der Waals surface area contributed by atoms with Gasteiger partial charge in [-0.3, -0.25) is 9.80 Å². The van der Waals surface area contributed by atoms with Gasteiger partial charge in [0.05, 0.1) is 0 Å². The first kappa shape index (κ1) is 21.5. The second-order valence-corrected chi connectivity index (χ2v) is 8.11. The molecule has 0 saturated carbocycles. The first-order chi connectivity index (χ1) is 13.6. The highest BCUT2D eigenvalue weighted by molar-refractivity contribution is 5.28. The summed E-state index contributed by atoms with van der Waals surface area (Å²) in [7, 11) is 2.19. The fourth-order valence-electron chi connectivity index (χ4n) is 4.11. The van der Waals surface area contributed by atoms with Crippen molar-refractivity contribution in [3.8, 4) is 5.75 Å². The lowest BCUT2D eigenvalue weighted by Gasteiger charge is -2.34. The molecule has 0 spiro atoms. The second kappa shape index (κ2) is 11.1. The molecule has 0 aromatic heterocycles. The summed E-state index contributed by atoms with van der Waals surface area (Å²) in [5, 5.41) is 10.4. The quantitative estimate of drug-likeness (QED) is 0.691. The Morgan fingerprint density at radius 1 is 1.18 bits per heavy atom. The number of β-amino-alcohol motifs (C(OH)–C–C–N with tert-alkyl or cyclic N) is 1. The molecule has 2 aliphatic heterocycles. The number of hydrogen-bond acceptors (Lipinski definition) is 6. The normalized spacial score (nSPS) is 21.1. The minimum Gasteiger partial charge on any atom is -0.491 e. The van der Waals surface area contributed by atoms with Gasteiger partial charge in [0.1, 0.15) is 18.5 Å². The standard InChI is InChI=1S/C22H37N3O3/c1-3-24-9-11-25(12-10-24)17-21(26)18-28-22-6-4-5-19(15-22)16-23(2)20-7-13-27-14-8-20/h4-6,15,20-21,26H,3,7-14,16-18H2,1-2H3. The van der Waals surface area contributed by atoms with E-state index in [-0.39, 0.29) is 0 Å². The van der Waals surface area contributed by atoms with Gasteiger partial charge in [0, 0.05) is 58.5 Å². The average molecular weight is 392 g/mol. The number of benzene rings is 1. The zero-order valence-electron chi connectivity index (χ0n) is 17.6. The van der Waals surface area contributed by atoms with E-state index in [2.05, 4.69) is 40.8 Å². The predicted octanol–water partition coefficient (Wildman–Crippen LogP) is 1.67. The van der Waals surface area contributed by atoms with Gasteiger partial charge in [-0.2, -0.15) is 0 Å². The van der Waals surface area contributed by atoms with E-state index in [4.69, 9.17) is 9.47 Å². The molecule has 1 aromatic carbocycles. The summed E-state index contributed by atoms with van der Waals surface area (Å²) >= 11 is 0. The Morgan fingerprint density at radius 3 is 2.61 bits per heavy atom. The van der Waals surface area contributed by atoms with Crippen molar-refractivity contribution in [2.45, 2.75) is 38.5 Å². The van der Waals surface area contributed by atoms with Crippen LogP contribution in [0.5, 0.6) is 5.75 Å². The molecule has 1 aromatic rings. The predicted molar refractivity (Wildman–Crippen MR) is 112 cm³/mol. The van der Waals surface area contributed by atoms with Gasteiger partial charge in [-0.1, -0.05) is 19.1 Å². The largest absolute Gasteiger partial charge is 0.491 e. The Hall–Kier alpha value is -1.18. The summed E-state index contributed by atoms with van der Waals surface area (Å²) < 4.78 is 11.4. The number of piperazine rings is 1. The van der Waals surface area contributed by atoms with E-state index in [1.54, 1.807) is 0 Å². The molecule has 28 heavy (non-hydrogen) atoms. The molecular formula is C22H37N3O3. The Labute approximate surface area is 170 Å². The van der Waals surface area contributed by atoms with E-state index in [0.717, 1.165) is 71.1 Å². The van der Waals surface area contributed by atoms with Crippen LogP contribution >= 0.6 is 0 Å². The summed E-state index contributed by atoms with van der Waals surface area (Å²) in [5.74, 6) is 0.840. The summed E-state index contributed by atoms with van der Waals surface area (Å²) in [6, 6.07) is 8.85. The molecule has 6 heteroatoms. The van der Waals surface area contributed by atoms with Gasteiger partial charge < -0.3 is 19.5 Å². The monoisotopic (exact) mass is 391 g/mol. The van der Waals surface area contributed by atoms with Crippen molar-refractivity contribution in [2.24, 2.45) is 0 Å². The van der Waals surface area contributed by atoms with E-state index < -0.39 is 6.10 Å². The summed E-state index contributed by atoms with van der Waals surface area (Å²) in [5.41, 5.74) is 1.25. The molecule has 0 bridgehead atoms. The van der Waals surface area contributed by atoms with Gasteiger partial charge >= 0.3 is 0 Å². The average Bonchev–Trinajstić information content (AvgIpc) is 2.74. The Bertz CT molecular complexity index is 572. The highest BCUT2D eigenvalue weighted by Crippen LogP contribution is 2.19. The fourth-order valence-corrected chi connectivity index (χ4v) is 4.11. The molecule has 1 atom stereocenters. The molecular weight excluding hydrogens is 354 g/mol. The van der Waals surface area contributed by atoms with Crippen LogP contribution in [0, 0.1) is 0 Å². The van der Waals surface area contributed by atoms with Crippen molar-refractivity contribution in [1.82, 2.24) is 14.7 Å². The third-order valence-electron chi connectivity index (χ3n) is 5.97. The van der Waals surface area contributed by atoms with Gasteiger partial charge in [-0.25, -0.2) is 0 Å². The van der Waals surface area contributed by atoms with Crippen molar-refractivity contribution in [1.29, 1.82) is 0 Å². The van der Waals surface area contributed by atoms with Gasteiger partial charge in [-0.15, -0.1) is 0 Å². The maximum absolute atomic E-state index is 10.4. The number of ether oxygens (including phenoxy) is 2. The molecule has 3 rings (SSSR count). The van der Waals surface area contributed by atoms with E-state index in [1.807, 2.05) is 12.1 Å². The zero-order valence-corrected chi connectivity index (χ0v) is 17.6. The molecule has 6 nitrogen and oxygen atoms in total. The Morgan fingerprint density at radius 2 is 1.89 bits per heavy atom. The van der Waals surface area contributed by atoms with Crippen molar-refractivity contribution >= 4 is 0 Å². The van der Waals surface area contributed by atoms with Crippen LogP contribution in [0.3, 0.4) is 0 Å². The summed E-state index contributed by atoms with van der Waals surface area (Å²) in [6.07, 6.45) is 1.75. The maximum atomic E-state index is 10.4. The zero-order chi connectivity index (χ0) is 19.8. The number of rotatable bonds is 9. The molecule has 2 heterocycles. The van der Waals surface area contributed by atoms with E-state index in [9.17, 15) is 5.11 Å². The molecule has 1 N–H and O–H groups in total. The first-order valence-corrected chi connectivity index (χ1v) is 10.8. The fraction of sp³-hybridized carbons (Fsp3) is 0.727. The smallest absolute Gasteiger partial charge is 0.119 e. The molecule has 2 saturated heterocycles. The van der Waals surface area contributed by atoms with Crippen molar-refractivity contribution < 1.29 is 14.6 Å².